The molecular weight excluding hydrogens is 226 g/mol. The predicted octanol–water partition coefficient (Wildman–Crippen LogP) is 4.92. The van der Waals surface area contributed by atoms with Crippen LogP contribution in [0.5, 0.6) is 0 Å². The van der Waals surface area contributed by atoms with Crippen molar-refractivity contribution in [1.82, 2.24) is 5.32 Å². The minimum Gasteiger partial charge on any atom is -0.309 e. The van der Waals surface area contributed by atoms with Gasteiger partial charge in [0, 0.05) is 10.9 Å². The van der Waals surface area contributed by atoms with Crippen LogP contribution in [0.3, 0.4) is 0 Å². The topological polar surface area (TPSA) is 12.0 Å². The smallest absolute Gasteiger partial charge is 0.0445 e. The molecule has 1 rings (SSSR count). The van der Waals surface area contributed by atoms with Crippen LogP contribution in [-0.2, 0) is 0 Å². The van der Waals surface area contributed by atoms with Crippen molar-refractivity contribution in [2.75, 3.05) is 6.54 Å². The zero-order chi connectivity index (χ0) is 12.7. The Hall–Kier alpha value is -0.340. The van der Waals surface area contributed by atoms with Gasteiger partial charge >= 0.3 is 0 Å². The summed E-state index contributed by atoms with van der Waals surface area (Å²) in [5.41, 5.74) is 1.45. The molecule has 0 saturated carbocycles. The Morgan fingerprint density at radius 2 is 2.06 bits per heavy atom. The van der Waals surface area contributed by atoms with Gasteiger partial charge in [0.1, 0.15) is 0 Å². The molecule has 0 bridgehead atoms. The third-order valence-electron chi connectivity index (χ3n) is 3.53. The van der Waals surface area contributed by atoms with Crippen molar-refractivity contribution in [2.45, 2.75) is 59.4 Å². The summed E-state index contributed by atoms with van der Waals surface area (Å²) in [6, 6.07) is 2.81. The summed E-state index contributed by atoms with van der Waals surface area (Å²) < 4.78 is 0. The summed E-state index contributed by atoms with van der Waals surface area (Å²) in [6.45, 7) is 10.1. The Morgan fingerprint density at radius 3 is 2.53 bits per heavy atom. The lowest BCUT2D eigenvalue weighted by Crippen LogP contribution is -2.28. The average Bonchev–Trinajstić information content (AvgIpc) is 2.75. The van der Waals surface area contributed by atoms with Gasteiger partial charge in [-0.05, 0) is 42.8 Å². The van der Waals surface area contributed by atoms with Gasteiger partial charge in [-0.2, -0.15) is 0 Å². The quantitative estimate of drug-likeness (QED) is 0.693. The lowest BCUT2D eigenvalue weighted by molar-refractivity contribution is 0.331. The van der Waals surface area contributed by atoms with E-state index in [0.29, 0.717) is 6.04 Å². The molecule has 0 aromatic carbocycles. The van der Waals surface area contributed by atoms with Crippen LogP contribution in [0.25, 0.3) is 0 Å². The molecule has 0 fully saturated rings. The van der Waals surface area contributed by atoms with Crippen LogP contribution in [0.1, 0.15) is 62.9 Å². The fourth-order valence-corrected chi connectivity index (χ4v) is 3.56. The van der Waals surface area contributed by atoms with Gasteiger partial charge in [-0.25, -0.2) is 0 Å². The van der Waals surface area contributed by atoms with Crippen molar-refractivity contribution in [1.29, 1.82) is 0 Å². The molecule has 1 aromatic rings. The molecule has 0 radical (unpaired) electrons. The van der Waals surface area contributed by atoms with Gasteiger partial charge in [0.25, 0.3) is 0 Å². The van der Waals surface area contributed by atoms with Crippen molar-refractivity contribution >= 4 is 11.3 Å². The first-order valence-electron chi connectivity index (χ1n) is 7.01. The Bertz CT molecular complexity index is 306. The molecule has 17 heavy (non-hydrogen) atoms. The van der Waals surface area contributed by atoms with E-state index < -0.39 is 0 Å². The Labute approximate surface area is 111 Å². The Balaban J connectivity index is 2.79. The number of hydrogen-bond acceptors (Lipinski definition) is 2. The second kappa shape index (κ2) is 7.88. The molecule has 1 nitrogen and oxygen atoms in total. The van der Waals surface area contributed by atoms with Gasteiger partial charge in [-0.1, -0.05) is 40.0 Å². The van der Waals surface area contributed by atoms with Gasteiger partial charge in [-0.15, -0.1) is 11.3 Å². The lowest BCUT2D eigenvalue weighted by atomic mass is 9.89. The molecule has 1 heterocycles. The first kappa shape index (κ1) is 14.7. The average molecular weight is 253 g/mol. The number of nitrogens with one attached hydrogen (secondary N) is 1. The van der Waals surface area contributed by atoms with Gasteiger partial charge in [-0.3, -0.25) is 0 Å². The van der Waals surface area contributed by atoms with Crippen LogP contribution in [0.4, 0.5) is 0 Å². The van der Waals surface area contributed by atoms with E-state index in [9.17, 15) is 0 Å². The number of hydrogen-bond donors (Lipinski definition) is 1. The third kappa shape index (κ3) is 4.11. The zero-order valence-corrected chi connectivity index (χ0v) is 12.6. The largest absolute Gasteiger partial charge is 0.309 e. The number of rotatable bonds is 8. The molecule has 0 saturated heterocycles. The van der Waals surface area contributed by atoms with Gasteiger partial charge < -0.3 is 5.32 Å². The van der Waals surface area contributed by atoms with Crippen LogP contribution >= 0.6 is 11.3 Å². The van der Waals surface area contributed by atoms with Gasteiger partial charge in [0.05, 0.1) is 0 Å². The van der Waals surface area contributed by atoms with Crippen molar-refractivity contribution in [2.24, 2.45) is 5.92 Å². The molecule has 0 spiro atoms. The Morgan fingerprint density at radius 1 is 1.29 bits per heavy atom. The van der Waals surface area contributed by atoms with Gasteiger partial charge in [0.2, 0.25) is 0 Å². The van der Waals surface area contributed by atoms with Crippen molar-refractivity contribution in [3.8, 4) is 0 Å². The summed E-state index contributed by atoms with van der Waals surface area (Å²) >= 11 is 1.91. The van der Waals surface area contributed by atoms with Crippen LogP contribution in [-0.4, -0.2) is 6.54 Å². The SMILES string of the molecule is CCCCC(CC)C(NCC)c1sccc1C. The van der Waals surface area contributed by atoms with Crippen LogP contribution < -0.4 is 5.32 Å². The van der Waals surface area contributed by atoms with E-state index in [1.54, 1.807) is 4.88 Å². The molecule has 1 aromatic heterocycles. The summed E-state index contributed by atoms with van der Waals surface area (Å²) in [7, 11) is 0. The van der Waals surface area contributed by atoms with Crippen LogP contribution in [0.2, 0.25) is 0 Å². The van der Waals surface area contributed by atoms with E-state index in [0.717, 1.165) is 12.5 Å². The molecule has 2 atom stereocenters. The van der Waals surface area contributed by atoms with E-state index in [-0.39, 0.29) is 0 Å². The maximum Gasteiger partial charge on any atom is 0.0445 e. The minimum atomic E-state index is 0.566. The first-order valence-corrected chi connectivity index (χ1v) is 7.89. The molecule has 0 aliphatic carbocycles. The van der Waals surface area contributed by atoms with Crippen molar-refractivity contribution < 1.29 is 0 Å². The van der Waals surface area contributed by atoms with Crippen LogP contribution in [0, 0.1) is 12.8 Å². The second-order valence-corrected chi connectivity index (χ2v) is 5.76. The highest BCUT2D eigenvalue weighted by Gasteiger charge is 2.22. The molecule has 0 aliphatic rings. The van der Waals surface area contributed by atoms with Crippen molar-refractivity contribution in [3.63, 3.8) is 0 Å². The highest BCUT2D eigenvalue weighted by Crippen LogP contribution is 2.33. The highest BCUT2D eigenvalue weighted by atomic mass is 32.1. The fourth-order valence-electron chi connectivity index (χ4n) is 2.47. The summed E-state index contributed by atoms with van der Waals surface area (Å²) in [4.78, 5) is 1.55. The maximum atomic E-state index is 3.70. The normalized spacial score (nSPS) is 14.8. The van der Waals surface area contributed by atoms with Gasteiger partial charge in [0.15, 0.2) is 0 Å². The van der Waals surface area contributed by atoms with E-state index in [4.69, 9.17) is 0 Å². The molecule has 0 aliphatic heterocycles. The number of unbranched alkanes of at least 4 members (excludes halogenated alkanes) is 1. The first-order chi connectivity index (χ1) is 8.24. The summed E-state index contributed by atoms with van der Waals surface area (Å²) in [5, 5.41) is 5.92. The third-order valence-corrected chi connectivity index (χ3v) is 4.63. The summed E-state index contributed by atoms with van der Waals surface area (Å²) in [5.74, 6) is 0.784. The lowest BCUT2D eigenvalue weighted by Gasteiger charge is -2.27. The van der Waals surface area contributed by atoms with Crippen molar-refractivity contribution in [3.05, 3.63) is 21.9 Å². The zero-order valence-electron chi connectivity index (χ0n) is 11.8. The van der Waals surface area contributed by atoms with E-state index in [1.807, 2.05) is 11.3 Å². The van der Waals surface area contributed by atoms with E-state index >= 15 is 0 Å². The number of thiophene rings is 1. The minimum absolute atomic E-state index is 0.566. The fraction of sp³-hybridized carbons (Fsp3) is 0.733. The molecule has 0 amide bonds. The molecule has 98 valence electrons. The Kier molecular flexibility index (Phi) is 6.83. The summed E-state index contributed by atoms with van der Waals surface area (Å²) in [6.07, 6.45) is 5.28. The molecular formula is C15H27NS. The molecule has 2 heteroatoms. The molecule has 1 N–H and O–H groups in total. The van der Waals surface area contributed by atoms with E-state index in [2.05, 4.69) is 44.5 Å². The van der Waals surface area contributed by atoms with Crippen LogP contribution in [0.15, 0.2) is 11.4 Å². The predicted molar refractivity (Wildman–Crippen MR) is 78.8 cm³/mol. The standard InChI is InChI=1S/C15H27NS/c1-5-8-9-13(6-2)14(16-7-3)15-12(4)10-11-17-15/h10-11,13-14,16H,5-9H2,1-4H3. The maximum absolute atomic E-state index is 3.70. The highest BCUT2D eigenvalue weighted by molar-refractivity contribution is 7.10. The number of aryl methyl sites for hydroxylation is 1. The second-order valence-electron chi connectivity index (χ2n) is 4.81. The monoisotopic (exact) mass is 253 g/mol. The molecule has 2 unspecified atom stereocenters. The van der Waals surface area contributed by atoms with E-state index in [1.165, 1.54) is 31.2 Å².